The molecule has 0 spiro atoms. The van der Waals surface area contributed by atoms with E-state index in [0.717, 1.165) is 46.9 Å². The number of tetrazole rings is 1. The number of benzene rings is 1. The van der Waals surface area contributed by atoms with E-state index in [1.165, 1.54) is 12.8 Å². The van der Waals surface area contributed by atoms with E-state index >= 15 is 0 Å². The molecule has 29 heavy (non-hydrogen) atoms. The van der Waals surface area contributed by atoms with Crippen LogP contribution in [0, 0.1) is 6.92 Å². The van der Waals surface area contributed by atoms with Gasteiger partial charge in [0.15, 0.2) is 5.82 Å². The molecule has 3 rings (SSSR count). The normalized spacial score (nSPS) is 10.9. The van der Waals surface area contributed by atoms with Crippen molar-refractivity contribution < 1.29 is 4.74 Å². The predicted octanol–water partition coefficient (Wildman–Crippen LogP) is 2.67. The van der Waals surface area contributed by atoms with Gasteiger partial charge in [-0.15, -0.1) is 10.2 Å². The SMILES string of the molecule is CCCCCNc1nc(N)nc(C)c1Cc1cc(Cc2nn[nH]n2)ccc1OC. The highest BCUT2D eigenvalue weighted by Gasteiger charge is 2.15. The van der Waals surface area contributed by atoms with E-state index in [9.17, 15) is 0 Å². The van der Waals surface area contributed by atoms with Gasteiger partial charge >= 0.3 is 0 Å². The molecule has 2 heterocycles. The molecule has 9 nitrogen and oxygen atoms in total. The van der Waals surface area contributed by atoms with E-state index in [0.29, 0.717) is 18.7 Å². The largest absolute Gasteiger partial charge is 0.496 e. The summed E-state index contributed by atoms with van der Waals surface area (Å²) in [6.07, 6.45) is 4.65. The Labute approximate surface area is 170 Å². The number of H-pyrrole nitrogens is 1. The second kappa shape index (κ2) is 9.81. The monoisotopic (exact) mass is 396 g/mol. The summed E-state index contributed by atoms with van der Waals surface area (Å²) < 4.78 is 5.59. The Bertz CT molecular complexity index is 926. The maximum absolute atomic E-state index is 5.90. The van der Waals surface area contributed by atoms with Crippen molar-refractivity contribution in [1.29, 1.82) is 0 Å². The Hall–Kier alpha value is -3.23. The van der Waals surface area contributed by atoms with E-state index in [1.807, 2.05) is 19.1 Å². The topological polar surface area (TPSA) is 128 Å². The molecule has 0 unspecified atom stereocenters. The van der Waals surface area contributed by atoms with E-state index in [-0.39, 0.29) is 5.95 Å². The Morgan fingerprint density at radius 2 is 2.03 bits per heavy atom. The van der Waals surface area contributed by atoms with Gasteiger partial charge < -0.3 is 15.8 Å². The number of nitrogen functional groups attached to an aromatic ring is 1. The fourth-order valence-corrected chi connectivity index (χ4v) is 3.27. The summed E-state index contributed by atoms with van der Waals surface area (Å²) in [5.74, 6) is 2.53. The van der Waals surface area contributed by atoms with Crippen molar-refractivity contribution in [3.05, 3.63) is 46.4 Å². The number of ether oxygens (including phenoxy) is 1. The third kappa shape index (κ3) is 5.40. The molecule has 0 amide bonds. The molecule has 4 N–H and O–H groups in total. The predicted molar refractivity (Wildman–Crippen MR) is 112 cm³/mol. The van der Waals surface area contributed by atoms with Crippen LogP contribution in [0.4, 0.5) is 11.8 Å². The fourth-order valence-electron chi connectivity index (χ4n) is 3.27. The van der Waals surface area contributed by atoms with Crippen molar-refractivity contribution in [1.82, 2.24) is 30.6 Å². The van der Waals surface area contributed by atoms with E-state index in [1.54, 1.807) is 7.11 Å². The summed E-state index contributed by atoms with van der Waals surface area (Å²) in [7, 11) is 1.67. The molecule has 2 aromatic heterocycles. The quantitative estimate of drug-likeness (QED) is 0.446. The van der Waals surface area contributed by atoms with Crippen molar-refractivity contribution in [3.63, 3.8) is 0 Å². The number of nitrogens with two attached hydrogens (primary N) is 1. The lowest BCUT2D eigenvalue weighted by atomic mass is 9.99. The molecule has 0 bridgehead atoms. The van der Waals surface area contributed by atoms with Gasteiger partial charge in [-0.2, -0.15) is 10.2 Å². The molecule has 0 aliphatic carbocycles. The first-order valence-electron chi connectivity index (χ1n) is 9.85. The minimum atomic E-state index is 0.280. The highest BCUT2D eigenvalue weighted by atomic mass is 16.5. The van der Waals surface area contributed by atoms with Crippen molar-refractivity contribution >= 4 is 11.8 Å². The van der Waals surface area contributed by atoms with Gasteiger partial charge in [-0.3, -0.25) is 0 Å². The van der Waals surface area contributed by atoms with Crippen molar-refractivity contribution in [2.45, 2.75) is 46.0 Å². The lowest BCUT2D eigenvalue weighted by Gasteiger charge is -2.16. The Morgan fingerprint density at radius 3 is 2.76 bits per heavy atom. The first kappa shape index (κ1) is 20.5. The van der Waals surface area contributed by atoms with Gasteiger partial charge in [0.05, 0.1) is 7.11 Å². The average Bonchev–Trinajstić information content (AvgIpc) is 3.21. The van der Waals surface area contributed by atoms with E-state index in [2.05, 4.69) is 48.9 Å². The maximum Gasteiger partial charge on any atom is 0.222 e. The van der Waals surface area contributed by atoms with Crippen LogP contribution >= 0.6 is 0 Å². The fraction of sp³-hybridized carbons (Fsp3) is 0.450. The third-order valence-corrected chi connectivity index (χ3v) is 4.77. The van der Waals surface area contributed by atoms with Crippen LogP contribution in [-0.2, 0) is 12.8 Å². The van der Waals surface area contributed by atoms with Gasteiger partial charge in [0.25, 0.3) is 0 Å². The molecule has 0 saturated carbocycles. The molecule has 0 fully saturated rings. The number of nitrogens with one attached hydrogen (secondary N) is 2. The summed E-state index contributed by atoms with van der Waals surface area (Å²) in [6, 6.07) is 6.08. The smallest absolute Gasteiger partial charge is 0.222 e. The molecular weight excluding hydrogens is 368 g/mol. The van der Waals surface area contributed by atoms with Gasteiger partial charge in [-0.1, -0.05) is 37.1 Å². The zero-order chi connectivity index (χ0) is 20.6. The third-order valence-electron chi connectivity index (χ3n) is 4.77. The zero-order valence-electron chi connectivity index (χ0n) is 17.2. The highest BCUT2D eigenvalue weighted by molar-refractivity contribution is 5.53. The summed E-state index contributed by atoms with van der Waals surface area (Å²) in [5.41, 5.74) is 9.90. The standard InChI is InChI=1S/C20H28N8O/c1-4-5-6-9-22-19-16(13(2)23-20(21)24-19)12-15-10-14(7-8-17(15)29-3)11-18-25-27-28-26-18/h7-8,10H,4-6,9,11-12H2,1-3H3,(H3,21,22,23,24)(H,25,26,27,28). The van der Waals surface area contributed by atoms with Crippen molar-refractivity contribution in [3.8, 4) is 5.75 Å². The first-order chi connectivity index (χ1) is 14.1. The number of methoxy groups -OCH3 is 1. The molecular formula is C20H28N8O. The number of aryl methyl sites for hydroxylation is 1. The number of aromatic amines is 1. The van der Waals surface area contributed by atoms with Crippen molar-refractivity contribution in [2.75, 3.05) is 24.7 Å². The van der Waals surface area contributed by atoms with Gasteiger partial charge in [0, 0.05) is 30.6 Å². The van der Waals surface area contributed by atoms with Crippen molar-refractivity contribution in [2.24, 2.45) is 0 Å². The lowest BCUT2D eigenvalue weighted by Crippen LogP contribution is -2.12. The number of aromatic nitrogens is 6. The molecule has 154 valence electrons. The van der Waals surface area contributed by atoms with Crippen LogP contribution in [0.5, 0.6) is 5.75 Å². The number of rotatable bonds is 10. The first-order valence-corrected chi connectivity index (χ1v) is 9.85. The van der Waals surface area contributed by atoms with Crippen LogP contribution in [0.25, 0.3) is 0 Å². The van der Waals surface area contributed by atoms with Crippen LogP contribution in [0.1, 0.15) is 54.4 Å². The van der Waals surface area contributed by atoms with Gasteiger partial charge in [-0.25, -0.2) is 4.98 Å². The lowest BCUT2D eigenvalue weighted by molar-refractivity contribution is 0.410. The second-order valence-corrected chi connectivity index (χ2v) is 6.96. The van der Waals surface area contributed by atoms with Crippen LogP contribution in [0.2, 0.25) is 0 Å². The number of hydrogen-bond donors (Lipinski definition) is 3. The minimum absolute atomic E-state index is 0.280. The van der Waals surface area contributed by atoms with Crippen LogP contribution in [0.15, 0.2) is 18.2 Å². The van der Waals surface area contributed by atoms with Crippen LogP contribution < -0.4 is 15.8 Å². The van der Waals surface area contributed by atoms with E-state index < -0.39 is 0 Å². The highest BCUT2D eigenvalue weighted by Crippen LogP contribution is 2.28. The maximum atomic E-state index is 5.90. The van der Waals surface area contributed by atoms with Crippen LogP contribution in [-0.4, -0.2) is 44.2 Å². The second-order valence-electron chi connectivity index (χ2n) is 6.96. The molecule has 0 saturated heterocycles. The summed E-state index contributed by atoms with van der Waals surface area (Å²) in [4.78, 5) is 8.82. The molecule has 1 aromatic carbocycles. The number of nitrogens with zero attached hydrogens (tertiary/aromatic N) is 5. The molecule has 0 atom stereocenters. The van der Waals surface area contributed by atoms with E-state index in [4.69, 9.17) is 10.5 Å². The van der Waals surface area contributed by atoms with Gasteiger partial charge in [0.2, 0.25) is 5.95 Å². The molecule has 3 aromatic rings. The molecule has 9 heteroatoms. The Morgan fingerprint density at radius 1 is 1.17 bits per heavy atom. The summed E-state index contributed by atoms with van der Waals surface area (Å²) in [5, 5.41) is 17.6. The summed E-state index contributed by atoms with van der Waals surface area (Å²) in [6.45, 7) is 5.00. The molecule has 0 radical (unpaired) electrons. The van der Waals surface area contributed by atoms with Gasteiger partial charge in [0.1, 0.15) is 11.6 Å². The number of anilines is 2. The summed E-state index contributed by atoms with van der Waals surface area (Å²) >= 11 is 0. The zero-order valence-corrected chi connectivity index (χ0v) is 17.2. The molecule has 0 aliphatic rings. The average molecular weight is 396 g/mol. The van der Waals surface area contributed by atoms with Gasteiger partial charge in [-0.05, 0) is 30.5 Å². The molecule has 0 aliphatic heterocycles. The Balaban J connectivity index is 1.87. The van der Waals surface area contributed by atoms with Crippen LogP contribution in [0.3, 0.4) is 0 Å². The Kier molecular flexibility index (Phi) is 6.94. The minimum Gasteiger partial charge on any atom is -0.496 e. The number of hydrogen-bond acceptors (Lipinski definition) is 8. The number of unbranched alkanes of at least 4 members (excludes halogenated alkanes) is 2.